The molecule has 5 heteroatoms. The highest BCUT2D eigenvalue weighted by molar-refractivity contribution is 5.79. The SMILES string of the molecule is CC(CC(=O)O)(NC(=O)OCC1c2ccccc2-c2ccccc21)C1CCC1. The first-order chi connectivity index (χ1) is 13.5. The van der Waals surface area contributed by atoms with E-state index in [4.69, 9.17) is 4.74 Å². The number of alkyl carbamates (subject to hydrolysis) is 1. The average Bonchev–Trinajstić information content (AvgIpc) is 2.91. The molecule has 0 bridgehead atoms. The highest BCUT2D eigenvalue weighted by Gasteiger charge is 2.41. The minimum Gasteiger partial charge on any atom is -0.481 e. The number of hydrogen-bond acceptors (Lipinski definition) is 3. The summed E-state index contributed by atoms with van der Waals surface area (Å²) in [5, 5.41) is 12.1. The van der Waals surface area contributed by atoms with Crippen molar-refractivity contribution in [3.63, 3.8) is 0 Å². The van der Waals surface area contributed by atoms with Crippen LogP contribution in [0.25, 0.3) is 11.1 Å². The van der Waals surface area contributed by atoms with Crippen LogP contribution >= 0.6 is 0 Å². The Morgan fingerprint density at radius 2 is 1.64 bits per heavy atom. The van der Waals surface area contributed by atoms with Gasteiger partial charge in [-0.15, -0.1) is 0 Å². The molecule has 1 saturated carbocycles. The van der Waals surface area contributed by atoms with E-state index >= 15 is 0 Å². The molecule has 2 aromatic carbocycles. The molecule has 4 rings (SSSR count). The summed E-state index contributed by atoms with van der Waals surface area (Å²) in [6.45, 7) is 2.04. The zero-order valence-electron chi connectivity index (χ0n) is 16.0. The van der Waals surface area contributed by atoms with Crippen molar-refractivity contribution in [1.29, 1.82) is 0 Å². The van der Waals surface area contributed by atoms with E-state index in [-0.39, 0.29) is 24.9 Å². The molecule has 2 aliphatic rings. The summed E-state index contributed by atoms with van der Waals surface area (Å²) in [6, 6.07) is 16.4. The molecule has 1 atom stereocenters. The Bertz CT molecular complexity index is 859. The van der Waals surface area contributed by atoms with Gasteiger partial charge in [-0.05, 0) is 47.9 Å². The normalized spacial score (nSPS) is 17.8. The fourth-order valence-electron chi connectivity index (χ4n) is 4.52. The summed E-state index contributed by atoms with van der Waals surface area (Å²) in [5.41, 5.74) is 3.90. The Hall–Kier alpha value is -2.82. The number of carboxylic acids is 1. The Labute approximate surface area is 164 Å². The standard InChI is InChI=1S/C23H25NO4/c1-23(13-21(25)26,15-7-6-8-15)24-22(27)28-14-20-18-11-4-2-9-16(18)17-10-3-5-12-19(17)20/h2-5,9-12,15,20H,6-8,13-14H2,1H3,(H,24,27)(H,25,26). The Morgan fingerprint density at radius 3 is 2.14 bits per heavy atom. The maximum absolute atomic E-state index is 12.5. The number of ether oxygens (including phenoxy) is 1. The van der Waals surface area contributed by atoms with Crippen LogP contribution in [-0.2, 0) is 9.53 Å². The fraction of sp³-hybridized carbons (Fsp3) is 0.391. The second kappa shape index (κ2) is 7.30. The number of carbonyl (C=O) groups is 2. The summed E-state index contributed by atoms with van der Waals surface area (Å²) in [4.78, 5) is 23.8. The number of nitrogens with one attached hydrogen (secondary N) is 1. The van der Waals surface area contributed by atoms with E-state index in [0.29, 0.717) is 0 Å². The van der Waals surface area contributed by atoms with Gasteiger partial charge in [0.2, 0.25) is 0 Å². The van der Waals surface area contributed by atoms with Crippen molar-refractivity contribution in [2.24, 2.45) is 5.92 Å². The second-order valence-electron chi connectivity index (χ2n) is 8.07. The molecule has 0 spiro atoms. The van der Waals surface area contributed by atoms with Crippen LogP contribution in [0.5, 0.6) is 0 Å². The van der Waals surface area contributed by atoms with Crippen LogP contribution in [0.15, 0.2) is 48.5 Å². The molecule has 28 heavy (non-hydrogen) atoms. The lowest BCUT2D eigenvalue weighted by Gasteiger charge is -2.42. The maximum atomic E-state index is 12.5. The van der Waals surface area contributed by atoms with Gasteiger partial charge < -0.3 is 15.2 Å². The van der Waals surface area contributed by atoms with Crippen molar-refractivity contribution in [3.8, 4) is 11.1 Å². The number of amides is 1. The van der Waals surface area contributed by atoms with Gasteiger partial charge in [0.15, 0.2) is 0 Å². The average molecular weight is 379 g/mol. The van der Waals surface area contributed by atoms with Crippen molar-refractivity contribution in [1.82, 2.24) is 5.32 Å². The van der Waals surface area contributed by atoms with Crippen LogP contribution < -0.4 is 5.32 Å². The minimum atomic E-state index is -0.909. The number of benzene rings is 2. The highest BCUT2D eigenvalue weighted by atomic mass is 16.5. The number of rotatable bonds is 6. The van der Waals surface area contributed by atoms with Crippen LogP contribution in [0, 0.1) is 5.92 Å². The maximum Gasteiger partial charge on any atom is 0.407 e. The highest BCUT2D eigenvalue weighted by Crippen LogP contribution is 2.44. The predicted molar refractivity (Wildman–Crippen MR) is 106 cm³/mol. The monoisotopic (exact) mass is 379 g/mol. The van der Waals surface area contributed by atoms with Crippen LogP contribution in [0.4, 0.5) is 4.79 Å². The Balaban J connectivity index is 1.47. The zero-order valence-corrected chi connectivity index (χ0v) is 16.0. The fourth-order valence-corrected chi connectivity index (χ4v) is 4.52. The quantitative estimate of drug-likeness (QED) is 0.771. The van der Waals surface area contributed by atoms with E-state index < -0.39 is 17.6 Å². The van der Waals surface area contributed by atoms with Gasteiger partial charge in [0.1, 0.15) is 6.61 Å². The smallest absolute Gasteiger partial charge is 0.407 e. The molecule has 1 amide bonds. The molecule has 2 aliphatic carbocycles. The van der Waals surface area contributed by atoms with Gasteiger partial charge in [0, 0.05) is 5.92 Å². The molecule has 2 aromatic rings. The van der Waals surface area contributed by atoms with Gasteiger partial charge in [-0.1, -0.05) is 55.0 Å². The van der Waals surface area contributed by atoms with Crippen molar-refractivity contribution < 1.29 is 19.4 Å². The number of carboxylic acid groups (broad SMARTS) is 1. The lowest BCUT2D eigenvalue weighted by molar-refractivity contribution is -0.139. The van der Waals surface area contributed by atoms with Crippen LogP contribution in [0.1, 0.15) is 49.7 Å². The van der Waals surface area contributed by atoms with Crippen molar-refractivity contribution in [2.75, 3.05) is 6.61 Å². The van der Waals surface area contributed by atoms with E-state index in [0.717, 1.165) is 30.4 Å². The van der Waals surface area contributed by atoms with Crippen molar-refractivity contribution >= 4 is 12.1 Å². The summed E-state index contributed by atoms with van der Waals surface area (Å²) >= 11 is 0. The van der Waals surface area contributed by atoms with Crippen LogP contribution in [0.3, 0.4) is 0 Å². The summed E-state index contributed by atoms with van der Waals surface area (Å²) in [5.74, 6) is -0.731. The van der Waals surface area contributed by atoms with Crippen LogP contribution in [-0.4, -0.2) is 29.3 Å². The largest absolute Gasteiger partial charge is 0.481 e. The van der Waals surface area contributed by atoms with Crippen LogP contribution in [0.2, 0.25) is 0 Å². The first kappa shape index (κ1) is 18.5. The van der Waals surface area contributed by atoms with Gasteiger partial charge in [-0.2, -0.15) is 0 Å². The number of carbonyl (C=O) groups excluding carboxylic acids is 1. The van der Waals surface area contributed by atoms with Gasteiger partial charge in [-0.3, -0.25) is 4.79 Å². The van der Waals surface area contributed by atoms with Crippen molar-refractivity contribution in [2.45, 2.75) is 44.1 Å². The summed E-state index contributed by atoms with van der Waals surface area (Å²) in [6.07, 6.45) is 2.31. The summed E-state index contributed by atoms with van der Waals surface area (Å²) < 4.78 is 5.59. The lowest BCUT2D eigenvalue weighted by Crippen LogP contribution is -2.55. The Kier molecular flexibility index (Phi) is 4.84. The van der Waals surface area contributed by atoms with E-state index in [2.05, 4.69) is 29.6 Å². The third-order valence-corrected chi connectivity index (χ3v) is 6.26. The molecule has 0 radical (unpaired) electrons. The zero-order chi connectivity index (χ0) is 19.7. The minimum absolute atomic E-state index is 0.00687. The molecule has 0 aromatic heterocycles. The number of fused-ring (bicyclic) bond motifs is 3. The molecule has 146 valence electrons. The van der Waals surface area contributed by atoms with Crippen molar-refractivity contribution in [3.05, 3.63) is 59.7 Å². The van der Waals surface area contributed by atoms with E-state index in [1.807, 2.05) is 31.2 Å². The first-order valence-electron chi connectivity index (χ1n) is 9.83. The molecule has 0 aliphatic heterocycles. The van der Waals surface area contributed by atoms with Gasteiger partial charge >= 0.3 is 12.1 Å². The molecule has 1 unspecified atom stereocenters. The topological polar surface area (TPSA) is 75.6 Å². The third kappa shape index (κ3) is 3.37. The van der Waals surface area contributed by atoms with E-state index in [9.17, 15) is 14.7 Å². The molecular weight excluding hydrogens is 354 g/mol. The lowest BCUT2D eigenvalue weighted by atomic mass is 9.70. The molecule has 5 nitrogen and oxygen atoms in total. The molecule has 2 N–H and O–H groups in total. The summed E-state index contributed by atoms with van der Waals surface area (Å²) in [7, 11) is 0. The molecule has 0 heterocycles. The molecule has 0 saturated heterocycles. The predicted octanol–water partition coefficient (Wildman–Crippen LogP) is 4.56. The van der Waals surface area contributed by atoms with Gasteiger partial charge in [0.05, 0.1) is 12.0 Å². The molecule has 1 fully saturated rings. The first-order valence-corrected chi connectivity index (χ1v) is 9.83. The second-order valence-corrected chi connectivity index (χ2v) is 8.07. The molecular formula is C23H25NO4. The Morgan fingerprint density at radius 1 is 1.07 bits per heavy atom. The van der Waals surface area contributed by atoms with E-state index in [1.165, 1.54) is 11.1 Å². The van der Waals surface area contributed by atoms with Gasteiger partial charge in [0.25, 0.3) is 0 Å². The number of hydrogen-bond donors (Lipinski definition) is 2. The third-order valence-electron chi connectivity index (χ3n) is 6.26. The van der Waals surface area contributed by atoms with Gasteiger partial charge in [-0.25, -0.2) is 4.79 Å². The van der Waals surface area contributed by atoms with E-state index in [1.54, 1.807) is 0 Å². The number of aliphatic carboxylic acids is 1.